The average molecular weight is 259 g/mol. The molecule has 2 nitrogen and oxygen atoms in total. The van der Waals surface area contributed by atoms with Crippen LogP contribution in [0.2, 0.25) is 5.02 Å². The highest BCUT2D eigenvalue weighted by Gasteiger charge is 2.19. The van der Waals surface area contributed by atoms with E-state index in [4.69, 9.17) is 17.3 Å². The summed E-state index contributed by atoms with van der Waals surface area (Å²) in [6, 6.07) is 14.2. The molecule has 2 aromatic carbocycles. The largest absolute Gasteiger partial charge is 0.398 e. The van der Waals surface area contributed by atoms with E-state index in [0.29, 0.717) is 0 Å². The monoisotopic (exact) mass is 258 g/mol. The fraction of sp³-hybridized carbons (Fsp3) is 0.200. The van der Waals surface area contributed by atoms with Crippen molar-refractivity contribution >= 4 is 23.0 Å². The molecule has 2 N–H and O–H groups in total. The summed E-state index contributed by atoms with van der Waals surface area (Å²) in [5.74, 6) is 0. The summed E-state index contributed by atoms with van der Waals surface area (Å²) in [6.07, 6.45) is 1.10. The van der Waals surface area contributed by atoms with E-state index in [2.05, 4.69) is 29.2 Å². The molecule has 1 heterocycles. The fourth-order valence-corrected chi connectivity index (χ4v) is 2.75. The van der Waals surface area contributed by atoms with E-state index in [9.17, 15) is 0 Å². The molecule has 0 fully saturated rings. The van der Waals surface area contributed by atoms with Crippen molar-refractivity contribution in [2.24, 2.45) is 0 Å². The predicted molar refractivity (Wildman–Crippen MR) is 77.1 cm³/mol. The first kappa shape index (κ1) is 11.4. The van der Waals surface area contributed by atoms with Crippen LogP contribution in [0.4, 0.5) is 11.4 Å². The molecule has 0 bridgehead atoms. The molecule has 0 atom stereocenters. The molecule has 18 heavy (non-hydrogen) atoms. The fourth-order valence-electron chi connectivity index (χ4n) is 2.50. The first-order chi connectivity index (χ1) is 8.75. The molecule has 0 amide bonds. The molecular formula is C15H15ClN2. The van der Waals surface area contributed by atoms with Gasteiger partial charge in [-0.3, -0.25) is 0 Å². The van der Waals surface area contributed by atoms with E-state index in [-0.39, 0.29) is 0 Å². The van der Waals surface area contributed by atoms with Gasteiger partial charge in [0, 0.05) is 35.1 Å². The van der Waals surface area contributed by atoms with Gasteiger partial charge >= 0.3 is 0 Å². The van der Waals surface area contributed by atoms with Crippen LogP contribution in [-0.2, 0) is 13.0 Å². The second-order valence-corrected chi connectivity index (χ2v) is 5.02. The Morgan fingerprint density at radius 3 is 2.78 bits per heavy atom. The molecule has 1 aliphatic rings. The van der Waals surface area contributed by atoms with Crippen molar-refractivity contribution in [2.75, 3.05) is 17.2 Å². The quantitative estimate of drug-likeness (QED) is 0.836. The molecule has 3 rings (SSSR count). The van der Waals surface area contributed by atoms with Crippen LogP contribution in [0, 0.1) is 0 Å². The van der Waals surface area contributed by atoms with Crippen molar-refractivity contribution in [1.29, 1.82) is 0 Å². The Bertz CT molecular complexity index is 560. The smallest absolute Gasteiger partial charge is 0.0476 e. The minimum absolute atomic E-state index is 0.749. The number of benzene rings is 2. The minimum atomic E-state index is 0.749. The summed E-state index contributed by atoms with van der Waals surface area (Å²) >= 11 is 6.23. The molecule has 3 heteroatoms. The molecule has 92 valence electrons. The van der Waals surface area contributed by atoms with E-state index < -0.39 is 0 Å². The number of nitrogens with zero attached hydrogens (tertiary/aromatic N) is 1. The van der Waals surface area contributed by atoms with Crippen LogP contribution >= 0.6 is 11.6 Å². The van der Waals surface area contributed by atoms with Gasteiger partial charge in [-0.2, -0.15) is 0 Å². The zero-order valence-corrected chi connectivity index (χ0v) is 10.8. The second-order valence-electron chi connectivity index (χ2n) is 4.61. The normalized spacial score (nSPS) is 13.7. The Morgan fingerprint density at radius 1 is 1.11 bits per heavy atom. The van der Waals surface area contributed by atoms with Gasteiger partial charge in [0.2, 0.25) is 0 Å². The molecule has 0 saturated heterocycles. The van der Waals surface area contributed by atoms with Crippen LogP contribution in [0.5, 0.6) is 0 Å². The van der Waals surface area contributed by atoms with E-state index >= 15 is 0 Å². The topological polar surface area (TPSA) is 29.3 Å². The van der Waals surface area contributed by atoms with Gasteiger partial charge in [0.15, 0.2) is 0 Å². The molecule has 0 spiro atoms. The van der Waals surface area contributed by atoms with Crippen LogP contribution in [0.3, 0.4) is 0 Å². The van der Waals surface area contributed by atoms with Crippen LogP contribution in [-0.4, -0.2) is 6.54 Å². The van der Waals surface area contributed by atoms with Crippen LogP contribution in [0.15, 0.2) is 42.5 Å². The zero-order chi connectivity index (χ0) is 12.5. The lowest BCUT2D eigenvalue weighted by atomic mass is 10.1. The van der Waals surface area contributed by atoms with Gasteiger partial charge in [-0.25, -0.2) is 0 Å². The molecule has 0 radical (unpaired) electrons. The van der Waals surface area contributed by atoms with Crippen molar-refractivity contribution in [2.45, 2.75) is 13.0 Å². The summed E-state index contributed by atoms with van der Waals surface area (Å²) in [5, 5.41) is 0.749. The van der Waals surface area contributed by atoms with E-state index in [1.807, 2.05) is 18.2 Å². The Hall–Kier alpha value is -1.67. The maximum absolute atomic E-state index is 6.23. The zero-order valence-electron chi connectivity index (χ0n) is 10.1. The van der Waals surface area contributed by atoms with Crippen molar-refractivity contribution in [1.82, 2.24) is 0 Å². The summed E-state index contributed by atoms with van der Waals surface area (Å²) in [7, 11) is 0. The third kappa shape index (κ3) is 1.93. The van der Waals surface area contributed by atoms with Gasteiger partial charge in [0.25, 0.3) is 0 Å². The minimum Gasteiger partial charge on any atom is -0.398 e. The summed E-state index contributed by atoms with van der Waals surface area (Å²) in [4.78, 5) is 2.34. The first-order valence-corrected chi connectivity index (χ1v) is 6.49. The van der Waals surface area contributed by atoms with Crippen molar-refractivity contribution < 1.29 is 0 Å². The Morgan fingerprint density at radius 2 is 1.94 bits per heavy atom. The van der Waals surface area contributed by atoms with Gasteiger partial charge in [0.1, 0.15) is 0 Å². The summed E-state index contributed by atoms with van der Waals surface area (Å²) in [6.45, 7) is 1.81. The number of halogens is 1. The number of para-hydroxylation sites is 1. The molecular weight excluding hydrogens is 244 g/mol. The summed E-state index contributed by atoms with van der Waals surface area (Å²) in [5.41, 5.74) is 10.5. The number of rotatable bonds is 2. The van der Waals surface area contributed by atoms with E-state index in [1.54, 1.807) is 0 Å². The van der Waals surface area contributed by atoms with Crippen LogP contribution in [0.1, 0.15) is 11.1 Å². The number of nitrogens with two attached hydrogens (primary N) is 1. The number of hydrogen-bond donors (Lipinski definition) is 1. The number of anilines is 2. The highest BCUT2D eigenvalue weighted by atomic mass is 35.5. The molecule has 1 aliphatic heterocycles. The van der Waals surface area contributed by atoms with Crippen molar-refractivity contribution in [3.8, 4) is 0 Å². The molecule has 0 saturated carbocycles. The van der Waals surface area contributed by atoms with Gasteiger partial charge in [-0.1, -0.05) is 35.9 Å². The highest BCUT2D eigenvalue weighted by Crippen LogP contribution is 2.31. The number of nitrogen functional groups attached to an aromatic ring is 1. The molecule has 0 aliphatic carbocycles. The highest BCUT2D eigenvalue weighted by molar-refractivity contribution is 6.31. The molecule has 2 aromatic rings. The van der Waals surface area contributed by atoms with E-state index in [0.717, 1.165) is 35.8 Å². The molecule has 0 unspecified atom stereocenters. The second kappa shape index (κ2) is 4.54. The average Bonchev–Trinajstić information content (AvgIpc) is 2.77. The van der Waals surface area contributed by atoms with Gasteiger partial charge in [0.05, 0.1) is 0 Å². The number of fused-ring (bicyclic) bond motifs is 1. The first-order valence-electron chi connectivity index (χ1n) is 6.11. The standard InChI is InChI=1S/C15H15ClN2/c16-13-5-3-6-14(17)12(13)10-18-9-8-11-4-1-2-7-15(11)18/h1-7H,8-10,17H2. The third-order valence-electron chi connectivity index (χ3n) is 3.49. The third-order valence-corrected chi connectivity index (χ3v) is 3.84. The predicted octanol–water partition coefficient (Wildman–Crippen LogP) is 3.48. The maximum atomic E-state index is 6.23. The van der Waals surface area contributed by atoms with Gasteiger partial charge < -0.3 is 10.6 Å². The summed E-state index contributed by atoms with van der Waals surface area (Å²) < 4.78 is 0. The van der Waals surface area contributed by atoms with Gasteiger partial charge in [-0.15, -0.1) is 0 Å². The maximum Gasteiger partial charge on any atom is 0.0476 e. The van der Waals surface area contributed by atoms with Crippen LogP contribution < -0.4 is 10.6 Å². The Kier molecular flexibility index (Phi) is 2.88. The Labute approximate surface area is 112 Å². The van der Waals surface area contributed by atoms with E-state index in [1.165, 1.54) is 11.3 Å². The molecule has 0 aromatic heterocycles. The lowest BCUT2D eigenvalue weighted by molar-refractivity contribution is 0.838. The van der Waals surface area contributed by atoms with Crippen molar-refractivity contribution in [3.05, 3.63) is 58.6 Å². The van der Waals surface area contributed by atoms with Gasteiger partial charge in [-0.05, 0) is 30.2 Å². The number of hydrogen-bond acceptors (Lipinski definition) is 2. The van der Waals surface area contributed by atoms with Crippen molar-refractivity contribution in [3.63, 3.8) is 0 Å². The van der Waals surface area contributed by atoms with Crippen LogP contribution in [0.25, 0.3) is 0 Å². The lowest BCUT2D eigenvalue weighted by Gasteiger charge is -2.21. The lowest BCUT2D eigenvalue weighted by Crippen LogP contribution is -2.20. The Balaban J connectivity index is 1.91. The SMILES string of the molecule is Nc1cccc(Cl)c1CN1CCc2ccccc21.